The molecule has 2 aliphatic heterocycles. The van der Waals surface area contributed by atoms with Gasteiger partial charge in [-0.2, -0.15) is 0 Å². The molecule has 1 aromatic carbocycles. The Balaban J connectivity index is 1.37. The fraction of sp³-hybridized carbons (Fsp3) is 0.676. The molecule has 43 heavy (non-hydrogen) atoms. The van der Waals surface area contributed by atoms with Gasteiger partial charge in [-0.05, 0) is 113 Å². The quantitative estimate of drug-likeness (QED) is 0.358. The first-order chi connectivity index (χ1) is 20.3. The second-order valence-electron chi connectivity index (χ2n) is 15.9. The first-order valence-corrected chi connectivity index (χ1v) is 16.8. The molecule has 6 rings (SSSR count). The highest BCUT2D eigenvalue weighted by atomic mass is 16.5. The van der Waals surface area contributed by atoms with E-state index in [1.807, 2.05) is 27.7 Å². The average molecular weight is 588 g/mol. The van der Waals surface area contributed by atoms with Crippen LogP contribution in [0.25, 0.3) is 11.1 Å². The Hall–Kier alpha value is -2.44. The van der Waals surface area contributed by atoms with Crippen LogP contribution in [0.4, 0.5) is 5.69 Å². The van der Waals surface area contributed by atoms with Crippen molar-refractivity contribution >= 4 is 11.7 Å². The number of nitrogens with zero attached hydrogens (tertiary/aromatic N) is 3. The van der Waals surface area contributed by atoms with Gasteiger partial charge in [0.15, 0.2) is 6.10 Å². The Bertz CT molecular complexity index is 1370. The SMILES string of the molecule is Cc1nc(C)c(C(OC(C)(C)C)C(=O)O)c(N2CCC(C)(C)CC2)c1-c1ccc2c(c1)CCN(CC1C[C@@H]3CC[C@H]1C3)C2. The maximum absolute atomic E-state index is 12.8. The summed E-state index contributed by atoms with van der Waals surface area (Å²) in [5, 5.41) is 10.5. The smallest absolute Gasteiger partial charge is 0.337 e. The molecule has 0 radical (unpaired) electrons. The third-order valence-electron chi connectivity index (χ3n) is 10.9. The molecule has 2 saturated carbocycles. The Morgan fingerprint density at radius 3 is 2.44 bits per heavy atom. The highest BCUT2D eigenvalue weighted by Crippen LogP contribution is 2.49. The normalized spacial score (nSPS) is 26.0. The summed E-state index contributed by atoms with van der Waals surface area (Å²) in [6, 6.07) is 6.98. The van der Waals surface area contributed by atoms with E-state index in [0.717, 1.165) is 91.4 Å². The standard InChI is InChI=1S/C37H53N3O3/c1-23-31(28-10-11-29-21-39(15-12-27(29)20-28)22-30-19-25-8-9-26(30)18-25)33(40-16-13-37(6,7)14-17-40)32(24(2)38-23)34(35(41)42)43-36(3,4)5/h10-11,20,25-26,30,34H,8-9,12-19,21-22H2,1-7H3,(H,41,42)/t25-,26+,30?,34?/m1/s1. The van der Waals surface area contributed by atoms with Crippen molar-refractivity contribution in [3.05, 3.63) is 46.3 Å². The van der Waals surface area contributed by atoms with Gasteiger partial charge < -0.3 is 14.7 Å². The fourth-order valence-electron chi connectivity index (χ4n) is 8.61. The number of carboxylic acids is 1. The Labute approximate surface area is 259 Å². The minimum absolute atomic E-state index is 0.276. The summed E-state index contributed by atoms with van der Waals surface area (Å²) in [7, 11) is 0. The predicted molar refractivity (Wildman–Crippen MR) is 174 cm³/mol. The lowest BCUT2D eigenvalue weighted by atomic mass is 9.81. The second-order valence-corrected chi connectivity index (χ2v) is 15.9. The van der Waals surface area contributed by atoms with Crippen LogP contribution in [0.15, 0.2) is 18.2 Å². The van der Waals surface area contributed by atoms with Crippen molar-refractivity contribution in [2.45, 2.75) is 112 Å². The van der Waals surface area contributed by atoms with Gasteiger partial charge in [0, 0.05) is 55.2 Å². The second kappa shape index (κ2) is 11.5. The molecule has 4 atom stereocenters. The van der Waals surface area contributed by atoms with Crippen LogP contribution in [0.2, 0.25) is 0 Å². The third-order valence-corrected chi connectivity index (χ3v) is 10.9. The summed E-state index contributed by atoms with van der Waals surface area (Å²) < 4.78 is 6.27. The number of aliphatic carboxylic acids is 1. The Kier molecular flexibility index (Phi) is 8.17. The zero-order valence-electron chi connectivity index (χ0n) is 27.6. The van der Waals surface area contributed by atoms with Crippen LogP contribution < -0.4 is 4.90 Å². The number of aromatic nitrogens is 1. The van der Waals surface area contributed by atoms with Crippen LogP contribution >= 0.6 is 0 Å². The lowest BCUT2D eigenvalue weighted by Crippen LogP contribution is -2.39. The molecular weight excluding hydrogens is 534 g/mol. The van der Waals surface area contributed by atoms with Crippen molar-refractivity contribution in [3.8, 4) is 11.1 Å². The van der Waals surface area contributed by atoms with E-state index in [1.54, 1.807) is 0 Å². The molecule has 6 heteroatoms. The monoisotopic (exact) mass is 587 g/mol. The molecule has 2 aliphatic carbocycles. The van der Waals surface area contributed by atoms with Gasteiger partial charge in [0.1, 0.15) is 0 Å². The van der Waals surface area contributed by atoms with Gasteiger partial charge in [-0.3, -0.25) is 9.88 Å². The van der Waals surface area contributed by atoms with Crippen LogP contribution in [-0.4, -0.2) is 52.7 Å². The number of rotatable bonds is 7. The summed E-state index contributed by atoms with van der Waals surface area (Å²) in [6.45, 7) is 19.7. The molecule has 3 heterocycles. The van der Waals surface area contributed by atoms with Crippen LogP contribution in [0, 0.1) is 37.0 Å². The molecule has 1 N–H and O–H groups in total. The number of anilines is 1. The number of ether oxygens (including phenoxy) is 1. The van der Waals surface area contributed by atoms with E-state index in [4.69, 9.17) is 9.72 Å². The Morgan fingerprint density at radius 1 is 1.07 bits per heavy atom. The molecule has 2 unspecified atom stereocenters. The number of aryl methyl sites for hydroxylation is 2. The number of hydrogen-bond acceptors (Lipinski definition) is 5. The minimum Gasteiger partial charge on any atom is -0.479 e. The largest absolute Gasteiger partial charge is 0.479 e. The van der Waals surface area contributed by atoms with Crippen molar-refractivity contribution < 1.29 is 14.6 Å². The highest BCUT2D eigenvalue weighted by molar-refractivity contribution is 5.88. The van der Waals surface area contributed by atoms with Gasteiger partial charge in [-0.1, -0.05) is 38.5 Å². The van der Waals surface area contributed by atoms with E-state index in [-0.39, 0.29) is 5.41 Å². The summed E-state index contributed by atoms with van der Waals surface area (Å²) in [4.78, 5) is 22.9. The van der Waals surface area contributed by atoms with Gasteiger partial charge in [0.2, 0.25) is 0 Å². The van der Waals surface area contributed by atoms with Crippen LogP contribution in [-0.2, 0) is 22.5 Å². The van der Waals surface area contributed by atoms with E-state index in [2.05, 4.69) is 48.8 Å². The zero-order valence-corrected chi connectivity index (χ0v) is 27.6. The predicted octanol–water partition coefficient (Wildman–Crippen LogP) is 7.73. The van der Waals surface area contributed by atoms with Crippen molar-refractivity contribution in [1.29, 1.82) is 0 Å². The van der Waals surface area contributed by atoms with Crippen LogP contribution in [0.3, 0.4) is 0 Å². The summed E-state index contributed by atoms with van der Waals surface area (Å²) in [6.07, 6.45) is 7.94. The average Bonchev–Trinajstić information content (AvgIpc) is 3.54. The highest BCUT2D eigenvalue weighted by Gasteiger charge is 2.40. The summed E-state index contributed by atoms with van der Waals surface area (Å²) in [5.41, 5.74) is 8.15. The maximum Gasteiger partial charge on any atom is 0.337 e. The topological polar surface area (TPSA) is 65.9 Å². The molecule has 0 spiro atoms. The van der Waals surface area contributed by atoms with Gasteiger partial charge >= 0.3 is 5.97 Å². The van der Waals surface area contributed by atoms with Crippen molar-refractivity contribution in [1.82, 2.24) is 9.88 Å². The Morgan fingerprint density at radius 2 is 1.81 bits per heavy atom. The van der Waals surface area contributed by atoms with Gasteiger partial charge in [-0.15, -0.1) is 0 Å². The molecule has 1 aromatic heterocycles. The van der Waals surface area contributed by atoms with Crippen molar-refractivity contribution in [2.75, 3.05) is 31.1 Å². The molecule has 2 aromatic rings. The molecule has 1 saturated heterocycles. The lowest BCUT2D eigenvalue weighted by Gasteiger charge is -2.41. The maximum atomic E-state index is 12.8. The van der Waals surface area contributed by atoms with E-state index in [1.165, 1.54) is 43.4 Å². The van der Waals surface area contributed by atoms with E-state index < -0.39 is 17.7 Å². The van der Waals surface area contributed by atoms with Crippen LogP contribution in [0.1, 0.15) is 107 Å². The number of pyridine rings is 1. The zero-order chi connectivity index (χ0) is 30.7. The summed E-state index contributed by atoms with van der Waals surface area (Å²) in [5.74, 6) is 1.90. The number of hydrogen-bond donors (Lipinski definition) is 1. The molecule has 234 valence electrons. The number of fused-ring (bicyclic) bond motifs is 3. The number of benzene rings is 1. The fourth-order valence-corrected chi connectivity index (χ4v) is 8.61. The van der Waals surface area contributed by atoms with E-state index in [0.29, 0.717) is 5.56 Å². The molecule has 6 nitrogen and oxygen atoms in total. The molecule has 0 amide bonds. The van der Waals surface area contributed by atoms with Crippen LogP contribution in [0.5, 0.6) is 0 Å². The molecule has 4 aliphatic rings. The molecular formula is C37H53N3O3. The minimum atomic E-state index is -1.09. The van der Waals surface area contributed by atoms with Gasteiger partial charge in [0.25, 0.3) is 0 Å². The number of carbonyl (C=O) groups is 1. The number of carboxylic acid groups (broad SMARTS) is 1. The summed E-state index contributed by atoms with van der Waals surface area (Å²) >= 11 is 0. The van der Waals surface area contributed by atoms with E-state index in [9.17, 15) is 9.90 Å². The van der Waals surface area contributed by atoms with Crippen molar-refractivity contribution in [3.63, 3.8) is 0 Å². The lowest BCUT2D eigenvalue weighted by molar-refractivity contribution is -0.160. The molecule has 2 bridgehead atoms. The van der Waals surface area contributed by atoms with Gasteiger partial charge in [0.05, 0.1) is 11.3 Å². The first kappa shape index (κ1) is 30.6. The van der Waals surface area contributed by atoms with Gasteiger partial charge in [-0.25, -0.2) is 4.79 Å². The number of piperidine rings is 1. The molecule has 3 fully saturated rings. The van der Waals surface area contributed by atoms with E-state index >= 15 is 0 Å². The third kappa shape index (κ3) is 6.38. The first-order valence-electron chi connectivity index (χ1n) is 16.8. The van der Waals surface area contributed by atoms with Crippen molar-refractivity contribution in [2.24, 2.45) is 23.2 Å².